The van der Waals surface area contributed by atoms with Crippen LogP contribution in [-0.4, -0.2) is 51.8 Å². The van der Waals surface area contributed by atoms with E-state index in [4.69, 9.17) is 9.47 Å². The summed E-state index contributed by atoms with van der Waals surface area (Å²) in [7, 11) is 0. The molecule has 6 nitrogen and oxygen atoms in total. The first-order valence-electron chi connectivity index (χ1n) is 7.44. The van der Waals surface area contributed by atoms with Crippen molar-refractivity contribution < 1.29 is 14.6 Å². The van der Waals surface area contributed by atoms with Crippen LogP contribution in [0.15, 0.2) is 12.4 Å². The lowest BCUT2D eigenvalue weighted by atomic mass is 9.89. The molecule has 2 saturated heterocycles. The number of fused-ring (bicyclic) bond motifs is 2. The molecule has 0 amide bonds. The molecule has 3 heterocycles. The van der Waals surface area contributed by atoms with Crippen molar-refractivity contribution in [3.63, 3.8) is 0 Å². The van der Waals surface area contributed by atoms with E-state index in [1.807, 2.05) is 17.7 Å². The van der Waals surface area contributed by atoms with Gasteiger partial charge in [-0.2, -0.15) is 0 Å². The standard InChI is InChI=1S/C14H21N3O3/c1-8-15-5-6-17(8)12-13(18)11(16-9-3-2-4-9)10-7-19-14(12)20-10/h5-6,9-14,16,18H,2-4,7H2,1H3/t10-,11-,12-,13+,14-/m1/s1. The van der Waals surface area contributed by atoms with E-state index >= 15 is 0 Å². The Morgan fingerprint density at radius 1 is 1.45 bits per heavy atom. The maximum atomic E-state index is 10.8. The van der Waals surface area contributed by atoms with Gasteiger partial charge in [0.05, 0.1) is 18.8 Å². The fraction of sp³-hybridized carbons (Fsp3) is 0.786. The molecule has 0 aromatic carbocycles. The van der Waals surface area contributed by atoms with E-state index in [1.54, 1.807) is 6.20 Å². The van der Waals surface area contributed by atoms with Crippen LogP contribution in [0.2, 0.25) is 0 Å². The van der Waals surface area contributed by atoms with Crippen LogP contribution in [0.25, 0.3) is 0 Å². The molecule has 5 atom stereocenters. The van der Waals surface area contributed by atoms with E-state index in [2.05, 4.69) is 10.3 Å². The Morgan fingerprint density at radius 2 is 2.30 bits per heavy atom. The van der Waals surface area contributed by atoms with Crippen LogP contribution in [-0.2, 0) is 9.47 Å². The van der Waals surface area contributed by atoms with E-state index in [0.29, 0.717) is 12.6 Å². The van der Waals surface area contributed by atoms with Gasteiger partial charge < -0.3 is 24.5 Å². The molecule has 20 heavy (non-hydrogen) atoms. The van der Waals surface area contributed by atoms with Crippen LogP contribution < -0.4 is 5.32 Å². The molecule has 110 valence electrons. The SMILES string of the molecule is Cc1nccn1[C@H]1[C@@H]2OC[C@@H](O2)[C@@H](NC2CCC2)[C@@H]1O. The van der Waals surface area contributed by atoms with Gasteiger partial charge >= 0.3 is 0 Å². The zero-order valence-electron chi connectivity index (χ0n) is 11.6. The molecule has 1 aromatic heterocycles. The number of nitrogens with zero attached hydrogens (tertiary/aromatic N) is 2. The second-order valence-corrected chi connectivity index (χ2v) is 6.06. The number of hydrogen-bond acceptors (Lipinski definition) is 5. The van der Waals surface area contributed by atoms with Crippen molar-refractivity contribution in [1.29, 1.82) is 0 Å². The molecule has 4 rings (SSSR count). The van der Waals surface area contributed by atoms with Crippen LogP contribution in [0.1, 0.15) is 31.1 Å². The summed E-state index contributed by atoms with van der Waals surface area (Å²) in [5.41, 5.74) is 0. The molecule has 6 heteroatoms. The van der Waals surface area contributed by atoms with E-state index in [9.17, 15) is 5.11 Å². The number of imidazole rings is 1. The summed E-state index contributed by atoms with van der Waals surface area (Å²) in [6, 6.07) is 0.222. The van der Waals surface area contributed by atoms with Gasteiger partial charge in [-0.15, -0.1) is 0 Å². The van der Waals surface area contributed by atoms with Crippen molar-refractivity contribution in [2.45, 2.75) is 62.8 Å². The molecule has 3 aliphatic rings. The molecular formula is C14H21N3O3. The fourth-order valence-corrected chi connectivity index (χ4v) is 3.45. The van der Waals surface area contributed by atoms with E-state index in [1.165, 1.54) is 19.3 Å². The maximum absolute atomic E-state index is 10.8. The topological polar surface area (TPSA) is 68.5 Å². The van der Waals surface area contributed by atoms with Crippen LogP contribution >= 0.6 is 0 Å². The lowest BCUT2D eigenvalue weighted by molar-refractivity contribution is -0.167. The van der Waals surface area contributed by atoms with Crippen molar-refractivity contribution in [1.82, 2.24) is 14.9 Å². The average molecular weight is 279 g/mol. The quantitative estimate of drug-likeness (QED) is 0.836. The number of aliphatic hydroxyl groups is 1. The summed E-state index contributed by atoms with van der Waals surface area (Å²) < 4.78 is 13.6. The van der Waals surface area contributed by atoms with Gasteiger partial charge in [-0.05, 0) is 19.8 Å². The van der Waals surface area contributed by atoms with Gasteiger partial charge in [0.2, 0.25) is 0 Å². The minimum absolute atomic E-state index is 0.0457. The number of aryl methyl sites for hydroxylation is 1. The summed E-state index contributed by atoms with van der Waals surface area (Å²) in [5, 5.41) is 14.4. The number of ether oxygens (including phenoxy) is 2. The molecule has 2 aliphatic heterocycles. The molecule has 3 fully saturated rings. The Balaban J connectivity index is 1.60. The minimum Gasteiger partial charge on any atom is -0.389 e. The van der Waals surface area contributed by atoms with Gasteiger partial charge in [0, 0.05) is 18.4 Å². The summed E-state index contributed by atoms with van der Waals surface area (Å²) in [6.07, 6.45) is 6.35. The Bertz CT molecular complexity index is 488. The average Bonchev–Trinajstić information content (AvgIpc) is 2.97. The smallest absolute Gasteiger partial charge is 0.181 e. The lowest BCUT2D eigenvalue weighted by Crippen LogP contribution is -2.60. The van der Waals surface area contributed by atoms with Crippen LogP contribution in [0.4, 0.5) is 0 Å². The highest BCUT2D eigenvalue weighted by Crippen LogP contribution is 2.37. The van der Waals surface area contributed by atoms with Gasteiger partial charge in [-0.25, -0.2) is 4.98 Å². The zero-order valence-corrected chi connectivity index (χ0v) is 11.6. The Morgan fingerprint density at radius 3 is 2.95 bits per heavy atom. The molecule has 0 unspecified atom stereocenters. The third-order valence-corrected chi connectivity index (χ3v) is 4.85. The molecule has 1 saturated carbocycles. The number of aromatic nitrogens is 2. The van der Waals surface area contributed by atoms with Crippen LogP contribution in [0, 0.1) is 6.92 Å². The molecule has 0 spiro atoms. The largest absolute Gasteiger partial charge is 0.389 e. The number of aliphatic hydroxyl groups excluding tert-OH is 1. The lowest BCUT2D eigenvalue weighted by Gasteiger charge is -2.42. The summed E-state index contributed by atoms with van der Waals surface area (Å²) in [6.45, 7) is 2.48. The van der Waals surface area contributed by atoms with Crippen molar-refractivity contribution in [3.8, 4) is 0 Å². The molecule has 2 N–H and O–H groups in total. The Labute approximate surface area is 118 Å². The second-order valence-electron chi connectivity index (χ2n) is 6.06. The molecule has 1 aliphatic carbocycles. The Kier molecular flexibility index (Phi) is 3.07. The van der Waals surface area contributed by atoms with Gasteiger partial charge in [-0.1, -0.05) is 6.42 Å². The van der Waals surface area contributed by atoms with Gasteiger partial charge in [0.25, 0.3) is 0 Å². The van der Waals surface area contributed by atoms with Crippen LogP contribution in [0.3, 0.4) is 0 Å². The summed E-state index contributed by atoms with van der Waals surface area (Å²) >= 11 is 0. The summed E-state index contributed by atoms with van der Waals surface area (Å²) in [4.78, 5) is 4.24. The van der Waals surface area contributed by atoms with Crippen molar-refractivity contribution >= 4 is 0 Å². The van der Waals surface area contributed by atoms with Crippen molar-refractivity contribution in [2.75, 3.05) is 6.61 Å². The normalized spacial score (nSPS) is 40.8. The fourth-order valence-electron chi connectivity index (χ4n) is 3.45. The highest BCUT2D eigenvalue weighted by molar-refractivity contribution is 5.05. The third-order valence-electron chi connectivity index (χ3n) is 4.85. The van der Waals surface area contributed by atoms with E-state index in [-0.39, 0.29) is 24.5 Å². The highest BCUT2D eigenvalue weighted by atomic mass is 16.7. The van der Waals surface area contributed by atoms with Gasteiger partial charge in [-0.3, -0.25) is 0 Å². The van der Waals surface area contributed by atoms with E-state index < -0.39 is 6.10 Å². The second kappa shape index (κ2) is 4.80. The third kappa shape index (κ3) is 1.90. The minimum atomic E-state index is -0.519. The van der Waals surface area contributed by atoms with E-state index in [0.717, 1.165) is 5.82 Å². The predicted octanol–water partition coefficient (Wildman–Crippen LogP) is 0.359. The van der Waals surface area contributed by atoms with Crippen molar-refractivity contribution in [3.05, 3.63) is 18.2 Å². The number of rotatable bonds is 3. The van der Waals surface area contributed by atoms with Gasteiger partial charge in [0.1, 0.15) is 18.0 Å². The molecule has 0 radical (unpaired) electrons. The molecule has 1 aromatic rings. The first-order valence-corrected chi connectivity index (χ1v) is 7.44. The first-order chi connectivity index (χ1) is 9.74. The monoisotopic (exact) mass is 279 g/mol. The molecule has 2 bridgehead atoms. The first kappa shape index (κ1) is 12.8. The number of nitrogens with one attached hydrogen (secondary N) is 1. The van der Waals surface area contributed by atoms with Crippen LogP contribution in [0.5, 0.6) is 0 Å². The molecular weight excluding hydrogens is 258 g/mol. The maximum Gasteiger partial charge on any atom is 0.181 e. The zero-order chi connectivity index (χ0) is 13.7. The highest BCUT2D eigenvalue weighted by Gasteiger charge is 2.51. The Hall–Kier alpha value is -0.950. The summed E-state index contributed by atoms with van der Waals surface area (Å²) in [5.74, 6) is 0.869. The van der Waals surface area contributed by atoms with Crippen molar-refractivity contribution in [2.24, 2.45) is 0 Å². The predicted molar refractivity (Wildman–Crippen MR) is 71.2 cm³/mol. The van der Waals surface area contributed by atoms with Gasteiger partial charge in [0.15, 0.2) is 6.29 Å². The number of hydrogen-bond donors (Lipinski definition) is 2.